The van der Waals surface area contributed by atoms with Crippen LogP contribution in [0.15, 0.2) is 0 Å². The third-order valence-electron chi connectivity index (χ3n) is 0.397. The van der Waals surface area contributed by atoms with E-state index in [0.717, 1.165) is 0 Å². The fourth-order valence-electron chi connectivity index (χ4n) is 0.156. The topological polar surface area (TPSA) is 83.8 Å². The summed E-state index contributed by atoms with van der Waals surface area (Å²) in [5.74, 6) is -2.50. The van der Waals surface area contributed by atoms with E-state index in [1.165, 1.54) is 0 Å². The van der Waals surface area contributed by atoms with Gasteiger partial charge in [-0.1, -0.05) is 0 Å². The molecule has 0 heterocycles. The molecule has 0 saturated heterocycles. The van der Waals surface area contributed by atoms with Crippen LogP contribution in [0.3, 0.4) is 0 Å². The molecule has 0 radical (unpaired) electrons. The standard InChI is InChI=1S/C3H4O5.2Na.2H/c4-2(5)1-3(6)8-7;;;;/h7H,1H2,(H,4,5);;;;/q;2*+1;2*-1. The molecule has 2 N–H and O–H groups in total. The molecular formula is C3H6Na2O5. The Labute approximate surface area is 104 Å². The van der Waals surface area contributed by atoms with E-state index in [9.17, 15) is 9.59 Å². The summed E-state index contributed by atoms with van der Waals surface area (Å²) >= 11 is 0. The van der Waals surface area contributed by atoms with Crippen molar-refractivity contribution in [1.82, 2.24) is 0 Å². The van der Waals surface area contributed by atoms with Crippen LogP contribution in [0.25, 0.3) is 0 Å². The summed E-state index contributed by atoms with van der Waals surface area (Å²) in [6.45, 7) is 0. The molecule has 50 valence electrons. The van der Waals surface area contributed by atoms with Crippen LogP contribution >= 0.6 is 0 Å². The Balaban J connectivity index is -0.0000000408. The fraction of sp³-hybridized carbons (Fsp3) is 0.333. The van der Waals surface area contributed by atoms with E-state index in [1.807, 2.05) is 0 Å². The number of carbonyl (C=O) groups excluding carboxylic acids is 1. The minimum atomic E-state index is -1.33. The van der Waals surface area contributed by atoms with Gasteiger partial charge in [-0.25, -0.2) is 4.79 Å². The van der Waals surface area contributed by atoms with Crippen molar-refractivity contribution in [2.75, 3.05) is 0 Å². The van der Waals surface area contributed by atoms with Crippen LogP contribution in [0.5, 0.6) is 0 Å². The summed E-state index contributed by atoms with van der Waals surface area (Å²) < 4.78 is 0. The number of carboxylic acid groups (broad SMARTS) is 1. The molecule has 0 bridgehead atoms. The number of carbonyl (C=O) groups is 2. The van der Waals surface area contributed by atoms with E-state index in [-0.39, 0.29) is 62.0 Å². The first-order chi connectivity index (χ1) is 3.66. The maximum atomic E-state index is 9.77. The number of rotatable bonds is 2. The molecule has 0 aliphatic carbocycles. The van der Waals surface area contributed by atoms with Crippen molar-refractivity contribution in [2.24, 2.45) is 0 Å². The van der Waals surface area contributed by atoms with Crippen molar-refractivity contribution >= 4 is 11.9 Å². The minimum absolute atomic E-state index is 0. The predicted octanol–water partition coefficient (Wildman–Crippen LogP) is -6.29. The van der Waals surface area contributed by atoms with Gasteiger partial charge in [-0.3, -0.25) is 4.79 Å². The van der Waals surface area contributed by atoms with Crippen molar-refractivity contribution in [3.63, 3.8) is 0 Å². The van der Waals surface area contributed by atoms with Gasteiger partial charge in [0, 0.05) is 0 Å². The average molecular weight is 168 g/mol. The molecule has 0 saturated carbocycles. The molecule has 10 heavy (non-hydrogen) atoms. The van der Waals surface area contributed by atoms with Crippen molar-refractivity contribution in [1.29, 1.82) is 0 Å². The SMILES string of the molecule is O=C(O)CC(=O)OO.[H-].[H-].[Na+].[Na+]. The van der Waals surface area contributed by atoms with Crippen LogP contribution < -0.4 is 59.1 Å². The predicted molar refractivity (Wildman–Crippen MR) is 23.2 cm³/mol. The molecule has 0 fully saturated rings. The summed E-state index contributed by atoms with van der Waals surface area (Å²) in [7, 11) is 0. The van der Waals surface area contributed by atoms with Crippen molar-refractivity contribution in [2.45, 2.75) is 6.42 Å². The molecule has 0 aliphatic heterocycles. The second-order valence-corrected chi connectivity index (χ2v) is 1.03. The van der Waals surface area contributed by atoms with Crippen LogP contribution in [0, 0.1) is 0 Å². The normalized spacial score (nSPS) is 6.50. The van der Waals surface area contributed by atoms with Crippen LogP contribution in [0.4, 0.5) is 0 Å². The molecule has 0 unspecified atom stereocenters. The zero-order chi connectivity index (χ0) is 6.57. The van der Waals surface area contributed by atoms with Gasteiger partial charge in [-0.2, -0.15) is 5.26 Å². The molecule has 0 amide bonds. The van der Waals surface area contributed by atoms with Crippen molar-refractivity contribution < 1.29 is 86.8 Å². The van der Waals surface area contributed by atoms with Gasteiger partial charge >= 0.3 is 71.1 Å². The zero-order valence-electron chi connectivity index (χ0n) is 7.83. The van der Waals surface area contributed by atoms with Gasteiger partial charge in [0.25, 0.3) is 0 Å². The summed E-state index contributed by atoms with van der Waals surface area (Å²) in [6.07, 6.45) is -0.809. The number of aliphatic carboxylic acids is 1. The summed E-state index contributed by atoms with van der Waals surface area (Å²) in [4.78, 5) is 22.4. The van der Waals surface area contributed by atoms with Crippen molar-refractivity contribution in [3.8, 4) is 0 Å². The van der Waals surface area contributed by atoms with Crippen LogP contribution in [0.1, 0.15) is 9.27 Å². The third-order valence-corrected chi connectivity index (χ3v) is 0.397. The van der Waals surface area contributed by atoms with Crippen LogP contribution in [-0.2, 0) is 14.5 Å². The van der Waals surface area contributed by atoms with E-state index < -0.39 is 18.4 Å². The molecule has 7 heteroatoms. The molecule has 0 aromatic carbocycles. The molecule has 0 atom stereocenters. The van der Waals surface area contributed by atoms with Crippen LogP contribution in [-0.4, -0.2) is 22.3 Å². The minimum Gasteiger partial charge on any atom is -1.00 e. The van der Waals surface area contributed by atoms with E-state index in [0.29, 0.717) is 0 Å². The molecule has 0 rings (SSSR count). The maximum Gasteiger partial charge on any atom is 1.00 e. The second kappa shape index (κ2) is 9.90. The Hall–Kier alpha value is 0.900. The second-order valence-electron chi connectivity index (χ2n) is 1.03. The Kier molecular flexibility index (Phi) is 16.9. The van der Waals surface area contributed by atoms with Gasteiger partial charge in [0.1, 0.15) is 6.42 Å². The monoisotopic (exact) mass is 168 g/mol. The first-order valence-electron chi connectivity index (χ1n) is 1.73. The molecule has 0 spiro atoms. The smallest absolute Gasteiger partial charge is 1.00 e. The fourth-order valence-corrected chi connectivity index (χ4v) is 0.156. The zero-order valence-corrected chi connectivity index (χ0v) is 9.83. The Bertz CT molecular complexity index is 121. The van der Waals surface area contributed by atoms with Gasteiger partial charge in [-0.05, 0) is 0 Å². The quantitative estimate of drug-likeness (QED) is 0.185. The average Bonchev–Trinajstić information content (AvgIpc) is 1.65. The molecule has 0 aromatic rings. The maximum absolute atomic E-state index is 9.77. The molecule has 5 nitrogen and oxygen atoms in total. The number of hydrogen-bond acceptors (Lipinski definition) is 4. The molecule has 0 aromatic heterocycles. The van der Waals surface area contributed by atoms with Gasteiger partial charge in [0.2, 0.25) is 0 Å². The Morgan fingerprint density at radius 3 is 1.90 bits per heavy atom. The van der Waals surface area contributed by atoms with E-state index in [1.54, 1.807) is 0 Å². The summed E-state index contributed by atoms with van der Waals surface area (Å²) in [6, 6.07) is 0. The Morgan fingerprint density at radius 1 is 1.40 bits per heavy atom. The summed E-state index contributed by atoms with van der Waals surface area (Å²) in [5.41, 5.74) is 0. The first-order valence-corrected chi connectivity index (χ1v) is 1.73. The number of hydrogen-bond donors (Lipinski definition) is 2. The number of carboxylic acids is 1. The largest absolute Gasteiger partial charge is 1.00 e. The van der Waals surface area contributed by atoms with E-state index >= 15 is 0 Å². The van der Waals surface area contributed by atoms with Crippen molar-refractivity contribution in [3.05, 3.63) is 0 Å². The van der Waals surface area contributed by atoms with Gasteiger partial charge in [0.05, 0.1) is 0 Å². The molecular weight excluding hydrogens is 162 g/mol. The van der Waals surface area contributed by atoms with E-state index in [4.69, 9.17) is 10.4 Å². The third kappa shape index (κ3) is 11.7. The van der Waals surface area contributed by atoms with Crippen LogP contribution in [0.2, 0.25) is 0 Å². The first kappa shape index (κ1) is 17.1. The van der Waals surface area contributed by atoms with Gasteiger partial charge in [-0.15, -0.1) is 0 Å². The van der Waals surface area contributed by atoms with Gasteiger partial charge < -0.3 is 12.8 Å². The van der Waals surface area contributed by atoms with Gasteiger partial charge in [0.15, 0.2) is 0 Å². The summed E-state index contributed by atoms with van der Waals surface area (Å²) in [5, 5.41) is 15.3. The molecule has 0 aliphatic rings. The van der Waals surface area contributed by atoms with E-state index in [2.05, 4.69) is 4.89 Å². The Morgan fingerprint density at radius 2 is 1.80 bits per heavy atom.